The number of rotatable bonds is 7. The highest BCUT2D eigenvalue weighted by molar-refractivity contribution is 8.14. The van der Waals surface area contributed by atoms with E-state index >= 15 is 0 Å². The van der Waals surface area contributed by atoms with Crippen molar-refractivity contribution < 1.29 is 14.6 Å². The number of aromatic nitrogens is 1. The first-order chi connectivity index (χ1) is 13.6. The van der Waals surface area contributed by atoms with E-state index in [0.29, 0.717) is 11.7 Å². The van der Waals surface area contributed by atoms with Crippen LogP contribution >= 0.6 is 11.8 Å². The van der Waals surface area contributed by atoms with E-state index in [9.17, 15) is 4.79 Å². The van der Waals surface area contributed by atoms with E-state index in [1.807, 2.05) is 0 Å². The number of carboxylic acid groups (broad SMARTS) is 1. The van der Waals surface area contributed by atoms with Crippen molar-refractivity contribution in [2.24, 2.45) is 4.99 Å². The molecule has 6 nitrogen and oxygen atoms in total. The monoisotopic (exact) mass is 401 g/mol. The number of para-hydroxylation sites is 1. The lowest BCUT2D eigenvalue weighted by molar-refractivity contribution is -0.137. The Morgan fingerprint density at radius 1 is 1.43 bits per heavy atom. The third-order valence-corrected chi connectivity index (χ3v) is 6.76. The molecule has 1 saturated carbocycles. The summed E-state index contributed by atoms with van der Waals surface area (Å²) in [6.45, 7) is 2.93. The molecule has 2 aromatic rings. The number of nitrogen functional groups attached to an aromatic ring is 1. The number of nitrogens with two attached hydrogens (primary N) is 1. The minimum Gasteiger partial charge on any atom is -0.481 e. The third-order valence-electron chi connectivity index (χ3n) is 5.62. The standard InChI is InChI=1S/C21H27N3O3S/c1-2-9-27-18-8-4-6-15(18)16-7-3-5-13-10-17(24(22)20(13)16)21-23-14(12-28-21)11-19(25)26/h3,5,7,10,14-15,18H,2,4,6,8-9,11-12,22H2,1H3,(H,25,26). The molecule has 1 fully saturated rings. The lowest BCUT2D eigenvalue weighted by Crippen LogP contribution is -2.20. The van der Waals surface area contributed by atoms with E-state index < -0.39 is 5.97 Å². The molecule has 0 bridgehead atoms. The van der Waals surface area contributed by atoms with E-state index in [1.54, 1.807) is 16.4 Å². The summed E-state index contributed by atoms with van der Waals surface area (Å²) in [6, 6.07) is 8.23. The number of carbonyl (C=O) groups is 1. The van der Waals surface area contributed by atoms with Crippen molar-refractivity contribution in [3.8, 4) is 0 Å². The number of fused-ring (bicyclic) bond motifs is 1. The first-order valence-corrected chi connectivity index (χ1v) is 11.0. The van der Waals surface area contributed by atoms with Gasteiger partial charge in [-0.1, -0.05) is 31.5 Å². The zero-order valence-electron chi connectivity index (χ0n) is 16.1. The summed E-state index contributed by atoms with van der Waals surface area (Å²) >= 11 is 1.59. The van der Waals surface area contributed by atoms with Crippen LogP contribution in [-0.2, 0) is 9.53 Å². The summed E-state index contributed by atoms with van der Waals surface area (Å²) in [5.74, 6) is 6.78. The predicted octanol–water partition coefficient (Wildman–Crippen LogP) is 3.75. The molecule has 3 unspecified atom stereocenters. The van der Waals surface area contributed by atoms with Crippen molar-refractivity contribution in [1.82, 2.24) is 4.68 Å². The number of hydrogen-bond donors (Lipinski definition) is 2. The molecule has 4 rings (SSSR count). The van der Waals surface area contributed by atoms with Crippen molar-refractivity contribution in [3.05, 3.63) is 35.5 Å². The van der Waals surface area contributed by atoms with Crippen molar-refractivity contribution in [1.29, 1.82) is 0 Å². The normalized spacial score (nSPS) is 24.8. The Morgan fingerprint density at radius 2 is 2.29 bits per heavy atom. The highest BCUT2D eigenvalue weighted by Crippen LogP contribution is 2.40. The number of hydrogen-bond acceptors (Lipinski definition) is 5. The van der Waals surface area contributed by atoms with Gasteiger partial charge in [-0.25, -0.2) is 0 Å². The number of benzene rings is 1. The van der Waals surface area contributed by atoms with Crippen LogP contribution in [0, 0.1) is 0 Å². The molecule has 7 heteroatoms. The van der Waals surface area contributed by atoms with E-state index in [2.05, 4.69) is 36.2 Å². The van der Waals surface area contributed by atoms with Crippen LogP contribution in [0.2, 0.25) is 0 Å². The SMILES string of the molecule is CCCOC1CCCC1c1cccc2cc(C3=NC(CC(=O)O)CS3)n(N)c12. The van der Waals surface area contributed by atoms with Crippen LogP contribution in [0.4, 0.5) is 0 Å². The zero-order chi connectivity index (χ0) is 19.7. The Hall–Kier alpha value is -1.99. The zero-order valence-corrected chi connectivity index (χ0v) is 17.0. The van der Waals surface area contributed by atoms with Crippen LogP contribution in [0.1, 0.15) is 56.2 Å². The smallest absolute Gasteiger partial charge is 0.305 e. The Morgan fingerprint density at radius 3 is 3.07 bits per heavy atom. The van der Waals surface area contributed by atoms with Gasteiger partial charge in [0.1, 0.15) is 5.04 Å². The van der Waals surface area contributed by atoms with Crippen molar-refractivity contribution in [3.63, 3.8) is 0 Å². The molecule has 2 aliphatic rings. The summed E-state index contributed by atoms with van der Waals surface area (Å²) in [5, 5.41) is 11.0. The summed E-state index contributed by atoms with van der Waals surface area (Å²) in [6.07, 6.45) is 4.72. The van der Waals surface area contributed by atoms with Crippen LogP contribution in [0.15, 0.2) is 29.3 Å². The molecule has 1 aromatic heterocycles. The fourth-order valence-electron chi connectivity index (χ4n) is 4.39. The van der Waals surface area contributed by atoms with Gasteiger partial charge in [0.15, 0.2) is 0 Å². The second-order valence-electron chi connectivity index (χ2n) is 7.63. The van der Waals surface area contributed by atoms with Crippen LogP contribution < -0.4 is 5.84 Å². The van der Waals surface area contributed by atoms with Gasteiger partial charge >= 0.3 is 5.97 Å². The fourth-order valence-corrected chi connectivity index (χ4v) is 5.46. The number of carboxylic acids is 1. The quantitative estimate of drug-likeness (QED) is 0.690. The molecule has 0 amide bonds. The second kappa shape index (κ2) is 8.17. The summed E-state index contributed by atoms with van der Waals surface area (Å²) < 4.78 is 7.88. The van der Waals surface area contributed by atoms with Crippen LogP contribution in [0.25, 0.3) is 10.9 Å². The number of thioether (sulfide) groups is 1. The van der Waals surface area contributed by atoms with Gasteiger partial charge in [0.2, 0.25) is 0 Å². The molecule has 150 valence electrons. The molecule has 0 spiro atoms. The molecule has 0 radical (unpaired) electrons. The average molecular weight is 402 g/mol. The third kappa shape index (κ3) is 3.65. The maximum atomic E-state index is 11.0. The van der Waals surface area contributed by atoms with Gasteiger partial charge in [0, 0.05) is 23.7 Å². The summed E-state index contributed by atoms with van der Waals surface area (Å²) in [4.78, 5) is 15.6. The van der Waals surface area contributed by atoms with Gasteiger partial charge in [0.25, 0.3) is 0 Å². The molecule has 2 heterocycles. The molecule has 28 heavy (non-hydrogen) atoms. The molecule has 3 atom stereocenters. The maximum Gasteiger partial charge on any atom is 0.305 e. The number of aliphatic imine (C=N–C) groups is 1. The van der Waals surface area contributed by atoms with Crippen molar-refractivity contribution in [2.75, 3.05) is 18.2 Å². The number of nitrogens with zero attached hydrogens (tertiary/aromatic N) is 2. The minimum absolute atomic E-state index is 0.0606. The molecule has 1 aromatic carbocycles. The van der Waals surface area contributed by atoms with E-state index in [1.165, 1.54) is 12.0 Å². The Kier molecular flexibility index (Phi) is 5.64. The van der Waals surface area contributed by atoms with Crippen molar-refractivity contribution in [2.45, 2.75) is 57.1 Å². The predicted molar refractivity (Wildman–Crippen MR) is 114 cm³/mol. The Balaban J connectivity index is 1.69. The highest BCUT2D eigenvalue weighted by atomic mass is 32.2. The van der Waals surface area contributed by atoms with E-state index in [0.717, 1.165) is 47.5 Å². The summed E-state index contributed by atoms with van der Waals surface area (Å²) in [5.41, 5.74) is 3.15. The second-order valence-corrected chi connectivity index (χ2v) is 8.64. The lowest BCUT2D eigenvalue weighted by Gasteiger charge is -2.22. The fraction of sp³-hybridized carbons (Fsp3) is 0.524. The molecular formula is C21H27N3O3S. The van der Waals surface area contributed by atoms with E-state index in [4.69, 9.17) is 15.7 Å². The highest BCUT2D eigenvalue weighted by Gasteiger charge is 2.32. The van der Waals surface area contributed by atoms with Crippen LogP contribution in [-0.4, -0.2) is 45.3 Å². The largest absolute Gasteiger partial charge is 0.481 e. The molecule has 1 aliphatic carbocycles. The molecule has 3 N–H and O–H groups in total. The first kappa shape index (κ1) is 19.3. The number of ether oxygens (including phenoxy) is 1. The Bertz CT molecular complexity index is 908. The Labute approximate surface area is 169 Å². The van der Waals surface area contributed by atoms with Gasteiger partial charge < -0.3 is 15.7 Å². The maximum absolute atomic E-state index is 11.0. The molecule has 1 aliphatic heterocycles. The lowest BCUT2D eigenvalue weighted by atomic mass is 9.94. The molecular weight excluding hydrogens is 374 g/mol. The van der Waals surface area contributed by atoms with Gasteiger partial charge in [-0.3, -0.25) is 14.5 Å². The molecule has 0 saturated heterocycles. The first-order valence-electron chi connectivity index (χ1n) is 10.0. The van der Waals surface area contributed by atoms with Crippen molar-refractivity contribution >= 4 is 33.7 Å². The van der Waals surface area contributed by atoms with Crippen LogP contribution in [0.3, 0.4) is 0 Å². The van der Waals surface area contributed by atoms with Gasteiger partial charge in [-0.15, -0.1) is 11.8 Å². The van der Waals surface area contributed by atoms with Gasteiger partial charge in [-0.05, 0) is 30.9 Å². The van der Waals surface area contributed by atoms with Gasteiger partial charge in [-0.2, -0.15) is 0 Å². The topological polar surface area (TPSA) is 89.8 Å². The van der Waals surface area contributed by atoms with Gasteiger partial charge in [0.05, 0.1) is 29.8 Å². The van der Waals surface area contributed by atoms with Crippen LogP contribution in [0.5, 0.6) is 0 Å². The summed E-state index contributed by atoms with van der Waals surface area (Å²) in [7, 11) is 0. The minimum atomic E-state index is -0.814. The average Bonchev–Trinajstić information content (AvgIpc) is 3.38. The number of aliphatic carboxylic acids is 1. The van der Waals surface area contributed by atoms with E-state index in [-0.39, 0.29) is 18.6 Å².